The maximum atomic E-state index is 5.78. The Morgan fingerprint density at radius 2 is 2.00 bits per heavy atom. The number of nitrogens with one attached hydrogen (secondary N) is 2. The molecule has 126 valence electrons. The molecule has 4 nitrogen and oxygen atoms in total. The average molecular weight is 465 g/mol. The van der Waals surface area contributed by atoms with Gasteiger partial charge < -0.3 is 10.6 Å². The molecule has 0 fully saturated rings. The van der Waals surface area contributed by atoms with Crippen molar-refractivity contribution >= 4 is 52.9 Å². The van der Waals surface area contributed by atoms with Crippen molar-refractivity contribution in [2.45, 2.75) is 26.3 Å². The van der Waals surface area contributed by atoms with E-state index in [1.165, 1.54) is 9.75 Å². The highest BCUT2D eigenvalue weighted by Crippen LogP contribution is 2.16. The van der Waals surface area contributed by atoms with E-state index in [4.69, 9.17) is 11.6 Å². The van der Waals surface area contributed by atoms with Crippen molar-refractivity contribution in [2.24, 2.45) is 4.99 Å². The van der Waals surface area contributed by atoms with Crippen LogP contribution in [0.25, 0.3) is 0 Å². The van der Waals surface area contributed by atoms with E-state index in [0.29, 0.717) is 5.15 Å². The summed E-state index contributed by atoms with van der Waals surface area (Å²) in [5.74, 6) is 0.813. The fourth-order valence-corrected chi connectivity index (χ4v) is 2.99. The van der Waals surface area contributed by atoms with Crippen molar-refractivity contribution in [3.8, 4) is 0 Å². The molecule has 0 aliphatic carbocycles. The number of thiophene rings is 1. The molecular formula is C16H22ClIN4S. The van der Waals surface area contributed by atoms with Gasteiger partial charge >= 0.3 is 0 Å². The quantitative estimate of drug-likeness (QED) is 0.295. The highest BCUT2D eigenvalue weighted by atomic mass is 127. The Morgan fingerprint density at radius 3 is 2.61 bits per heavy atom. The maximum absolute atomic E-state index is 5.78. The van der Waals surface area contributed by atoms with Crippen LogP contribution in [0.4, 0.5) is 0 Å². The summed E-state index contributed by atoms with van der Waals surface area (Å²) in [7, 11) is 1.78. The highest BCUT2D eigenvalue weighted by molar-refractivity contribution is 14.0. The third-order valence-electron chi connectivity index (χ3n) is 3.21. The number of pyridine rings is 1. The van der Waals surface area contributed by atoms with Gasteiger partial charge in [-0.2, -0.15) is 0 Å². The summed E-state index contributed by atoms with van der Waals surface area (Å²) in [6.45, 7) is 3.77. The minimum Gasteiger partial charge on any atom is -0.356 e. The SMILES string of the molecule is CCc1ccc(CNC(=NC)NCCc2ccc(Cl)nc2)s1.I. The Morgan fingerprint density at radius 1 is 1.22 bits per heavy atom. The number of aryl methyl sites for hydroxylation is 1. The number of halogens is 2. The van der Waals surface area contributed by atoms with Crippen LogP contribution in [-0.4, -0.2) is 24.5 Å². The number of rotatable bonds is 6. The fraction of sp³-hybridized carbons (Fsp3) is 0.375. The van der Waals surface area contributed by atoms with Crippen molar-refractivity contribution in [1.29, 1.82) is 0 Å². The van der Waals surface area contributed by atoms with E-state index in [0.717, 1.165) is 37.5 Å². The number of aromatic nitrogens is 1. The van der Waals surface area contributed by atoms with Gasteiger partial charge in [0.25, 0.3) is 0 Å². The van der Waals surface area contributed by atoms with Crippen LogP contribution in [0.1, 0.15) is 22.2 Å². The molecule has 23 heavy (non-hydrogen) atoms. The van der Waals surface area contributed by atoms with Gasteiger partial charge in [-0.25, -0.2) is 4.98 Å². The second-order valence-electron chi connectivity index (χ2n) is 4.81. The Hall–Kier alpha value is -0.860. The lowest BCUT2D eigenvalue weighted by molar-refractivity contribution is 0.797. The molecule has 0 spiro atoms. The molecule has 0 radical (unpaired) electrons. The third-order valence-corrected chi connectivity index (χ3v) is 4.67. The fourth-order valence-electron chi connectivity index (χ4n) is 1.98. The Labute approximate surface area is 163 Å². The predicted molar refractivity (Wildman–Crippen MR) is 110 cm³/mol. The molecule has 0 saturated heterocycles. The first-order chi connectivity index (χ1) is 10.7. The first-order valence-corrected chi connectivity index (χ1v) is 8.53. The highest BCUT2D eigenvalue weighted by Gasteiger charge is 2.01. The van der Waals surface area contributed by atoms with Gasteiger partial charge in [0.2, 0.25) is 0 Å². The maximum Gasteiger partial charge on any atom is 0.191 e. The molecular weight excluding hydrogens is 443 g/mol. The van der Waals surface area contributed by atoms with Gasteiger partial charge in [-0.05, 0) is 36.6 Å². The van der Waals surface area contributed by atoms with E-state index >= 15 is 0 Å². The molecule has 2 rings (SSSR count). The van der Waals surface area contributed by atoms with Crippen molar-refractivity contribution in [1.82, 2.24) is 15.6 Å². The molecule has 2 aromatic heterocycles. The summed E-state index contributed by atoms with van der Waals surface area (Å²) in [5, 5.41) is 7.16. The minimum absolute atomic E-state index is 0. The zero-order valence-corrected chi connectivity index (χ0v) is 17.2. The summed E-state index contributed by atoms with van der Waals surface area (Å²) in [6, 6.07) is 8.16. The Balaban J connectivity index is 0.00000264. The molecule has 0 aliphatic heterocycles. The molecule has 0 amide bonds. The molecule has 0 saturated carbocycles. The van der Waals surface area contributed by atoms with Crippen molar-refractivity contribution < 1.29 is 0 Å². The second kappa shape index (κ2) is 10.8. The normalized spacial score (nSPS) is 11.0. The van der Waals surface area contributed by atoms with Gasteiger partial charge in [0.05, 0.1) is 6.54 Å². The Bertz CT molecular complexity index is 613. The molecule has 0 atom stereocenters. The van der Waals surface area contributed by atoms with Crippen LogP contribution in [0.5, 0.6) is 0 Å². The molecule has 2 heterocycles. The van der Waals surface area contributed by atoms with E-state index in [2.05, 4.69) is 39.7 Å². The third kappa shape index (κ3) is 7.05. The average Bonchev–Trinajstić information content (AvgIpc) is 3.00. The largest absolute Gasteiger partial charge is 0.356 e. The van der Waals surface area contributed by atoms with Crippen molar-refractivity contribution in [3.05, 3.63) is 50.9 Å². The van der Waals surface area contributed by atoms with Crippen molar-refractivity contribution in [3.63, 3.8) is 0 Å². The van der Waals surface area contributed by atoms with Crippen LogP contribution < -0.4 is 10.6 Å². The molecule has 0 bridgehead atoms. The van der Waals surface area contributed by atoms with Crippen LogP contribution in [0.2, 0.25) is 5.15 Å². The van der Waals surface area contributed by atoms with Crippen LogP contribution in [-0.2, 0) is 19.4 Å². The first kappa shape index (κ1) is 20.2. The molecule has 7 heteroatoms. The van der Waals surface area contributed by atoms with Gasteiger partial charge in [0.15, 0.2) is 5.96 Å². The second-order valence-corrected chi connectivity index (χ2v) is 6.45. The smallest absolute Gasteiger partial charge is 0.191 e. The van der Waals surface area contributed by atoms with Gasteiger partial charge in [-0.15, -0.1) is 35.3 Å². The lowest BCUT2D eigenvalue weighted by Crippen LogP contribution is -2.37. The topological polar surface area (TPSA) is 49.3 Å². The molecule has 2 N–H and O–H groups in total. The number of nitrogens with zero attached hydrogens (tertiary/aromatic N) is 2. The van der Waals surface area contributed by atoms with E-state index in [1.807, 2.05) is 23.5 Å². The summed E-state index contributed by atoms with van der Waals surface area (Å²) < 4.78 is 0. The number of aliphatic imine (C=N–C) groups is 1. The zero-order valence-electron chi connectivity index (χ0n) is 13.3. The monoisotopic (exact) mass is 464 g/mol. The zero-order chi connectivity index (χ0) is 15.8. The first-order valence-electron chi connectivity index (χ1n) is 7.33. The van der Waals surface area contributed by atoms with Crippen molar-refractivity contribution in [2.75, 3.05) is 13.6 Å². The van der Waals surface area contributed by atoms with E-state index in [-0.39, 0.29) is 24.0 Å². The molecule has 0 unspecified atom stereocenters. The Kier molecular flexibility index (Phi) is 9.50. The van der Waals surface area contributed by atoms with E-state index in [1.54, 1.807) is 13.2 Å². The standard InChI is InChI=1S/C16H21ClN4S.HI/c1-3-13-5-6-14(22-13)11-21-16(18-2)19-9-8-12-4-7-15(17)20-10-12;/h4-7,10H,3,8-9,11H2,1-2H3,(H2,18,19,21);1H. The molecule has 0 aromatic carbocycles. The van der Waals surface area contributed by atoms with Crippen LogP contribution in [0, 0.1) is 0 Å². The van der Waals surface area contributed by atoms with Gasteiger partial charge in [-0.1, -0.05) is 24.6 Å². The summed E-state index contributed by atoms with van der Waals surface area (Å²) in [5.41, 5.74) is 1.15. The minimum atomic E-state index is 0. The van der Waals surface area contributed by atoms with E-state index < -0.39 is 0 Å². The number of hydrogen-bond acceptors (Lipinski definition) is 3. The van der Waals surface area contributed by atoms with E-state index in [9.17, 15) is 0 Å². The van der Waals surface area contributed by atoms with Crippen LogP contribution in [0.15, 0.2) is 35.5 Å². The lowest BCUT2D eigenvalue weighted by Gasteiger charge is -2.11. The molecule has 2 aromatic rings. The lowest BCUT2D eigenvalue weighted by atomic mass is 10.2. The number of hydrogen-bond donors (Lipinski definition) is 2. The van der Waals surface area contributed by atoms with Gasteiger partial charge in [0, 0.05) is 29.5 Å². The summed E-state index contributed by atoms with van der Waals surface area (Å²) in [4.78, 5) is 11.0. The summed E-state index contributed by atoms with van der Waals surface area (Å²) >= 11 is 7.62. The predicted octanol–water partition coefficient (Wildman–Crippen LogP) is 3.88. The van der Waals surface area contributed by atoms with Crippen LogP contribution in [0.3, 0.4) is 0 Å². The van der Waals surface area contributed by atoms with Crippen LogP contribution >= 0.6 is 46.9 Å². The molecule has 0 aliphatic rings. The van der Waals surface area contributed by atoms with Gasteiger partial charge in [-0.3, -0.25) is 4.99 Å². The number of guanidine groups is 1. The summed E-state index contributed by atoms with van der Waals surface area (Å²) in [6.07, 6.45) is 3.77. The van der Waals surface area contributed by atoms with Gasteiger partial charge in [0.1, 0.15) is 5.15 Å².